The molecule has 2 N–H and O–H groups in total. The minimum absolute atomic E-state index is 1.00. The molecule has 0 amide bonds. The summed E-state index contributed by atoms with van der Waals surface area (Å²) < 4.78 is 31.6. The molecule has 0 aromatic carbocycles. The van der Waals surface area contributed by atoms with Crippen molar-refractivity contribution >= 4 is 26.7 Å². The van der Waals surface area contributed by atoms with E-state index in [4.69, 9.17) is 17.5 Å². The maximum absolute atomic E-state index is 8.74. The van der Waals surface area contributed by atoms with Crippen LogP contribution in [0.2, 0.25) is 5.28 Å². The summed E-state index contributed by atoms with van der Waals surface area (Å²) in [5.74, 6) is 0. The molecule has 0 aliphatic heterocycles. The first-order valence-electron chi connectivity index (χ1n) is 1.92. The molecule has 4 nitrogen and oxygen atoms in total. The van der Waals surface area contributed by atoms with Crippen molar-refractivity contribution in [3.8, 4) is 0 Å². The summed E-state index contributed by atoms with van der Waals surface area (Å²) in [5.41, 5.74) is 0. The number of hydrogen-bond acceptors (Lipinski definition) is 2. The van der Waals surface area contributed by atoms with E-state index in [1.54, 1.807) is 0 Å². The van der Waals surface area contributed by atoms with E-state index in [0.717, 1.165) is 5.28 Å². The molecule has 2 radical (unpaired) electrons. The lowest BCUT2D eigenvalue weighted by Gasteiger charge is -1.68. The Morgan fingerprint density at radius 3 is 1.67 bits per heavy atom. The largest absolute Gasteiger partial charge is 0.394 e. The van der Waals surface area contributed by atoms with Crippen molar-refractivity contribution in [2.45, 2.75) is 5.28 Å². The number of allylic oxidation sites excluding steroid dienone is 1. The third-order valence-corrected chi connectivity index (χ3v) is 0.500. The topological polar surface area (TPSA) is 74.6 Å². The second-order valence-electron chi connectivity index (χ2n) is 0.972. The van der Waals surface area contributed by atoms with Gasteiger partial charge in [-0.05, 0) is 0 Å². The van der Waals surface area contributed by atoms with Gasteiger partial charge in [0.25, 0.3) is 0 Å². The summed E-state index contributed by atoms with van der Waals surface area (Å²) in [6.45, 7) is 3.46. The minimum atomic E-state index is -4.67. The lowest BCUT2D eigenvalue weighted by atomic mass is 10.8. The zero-order chi connectivity index (χ0) is 7.91. The summed E-state index contributed by atoms with van der Waals surface area (Å²) >= 11 is 2.54. The first kappa shape index (κ1) is 11.9. The zero-order valence-corrected chi connectivity index (χ0v) is 6.66. The normalized spacial score (nSPS) is 9.11. The molecular weight excluding hydrogens is 159 g/mol. The Hall–Kier alpha value is 0.142. The van der Waals surface area contributed by atoms with Crippen LogP contribution in [0.1, 0.15) is 0 Å². The lowest BCUT2D eigenvalue weighted by Crippen LogP contribution is -1.89. The van der Waals surface area contributed by atoms with Crippen molar-refractivity contribution in [3.63, 3.8) is 0 Å². The van der Waals surface area contributed by atoms with Crippen LogP contribution in [0.15, 0.2) is 12.7 Å². The first-order valence-corrected chi connectivity index (χ1v) is 4.14. The van der Waals surface area contributed by atoms with Gasteiger partial charge in [-0.1, -0.05) is 0 Å². The van der Waals surface area contributed by atoms with E-state index in [2.05, 4.69) is 22.9 Å². The van der Waals surface area contributed by atoms with Crippen molar-refractivity contribution in [1.82, 2.24) is 0 Å². The molecule has 0 fully saturated rings. The minimum Gasteiger partial charge on any atom is -0.264 e. The van der Waals surface area contributed by atoms with Crippen molar-refractivity contribution in [1.29, 1.82) is 0 Å². The van der Waals surface area contributed by atoms with Crippen molar-refractivity contribution in [2.75, 3.05) is 0 Å². The van der Waals surface area contributed by atoms with Gasteiger partial charge in [-0.15, -0.1) is 17.9 Å². The summed E-state index contributed by atoms with van der Waals surface area (Å²) in [7, 11) is -4.67. The molecule has 0 saturated carbocycles. The van der Waals surface area contributed by atoms with E-state index in [1.165, 1.54) is 0 Å². The van der Waals surface area contributed by atoms with Gasteiger partial charge in [-0.3, -0.25) is 9.11 Å². The van der Waals surface area contributed by atoms with Gasteiger partial charge in [0.05, 0.1) is 0 Å². The Kier molecular flexibility index (Phi) is 8.27. The molecule has 0 bridgehead atoms. The Bertz CT molecular complexity index is 141. The van der Waals surface area contributed by atoms with E-state index in [1.807, 2.05) is 6.08 Å². The van der Waals surface area contributed by atoms with Gasteiger partial charge >= 0.3 is 10.4 Å². The fourth-order valence-electron chi connectivity index (χ4n) is 0. The Labute approximate surface area is 62.6 Å². The van der Waals surface area contributed by atoms with Crippen LogP contribution in [-0.4, -0.2) is 33.8 Å². The summed E-state index contributed by atoms with van der Waals surface area (Å²) in [6, 6.07) is 0. The van der Waals surface area contributed by atoms with E-state index in [9.17, 15) is 0 Å². The maximum atomic E-state index is 8.74. The van der Waals surface area contributed by atoms with Gasteiger partial charge in [0, 0.05) is 0 Å². The SMILES string of the molecule is C=C[CH2][Al].O=S(=O)(O)O. The predicted molar refractivity (Wildman–Crippen MR) is 34.9 cm³/mol. The molecule has 0 heterocycles. The highest BCUT2D eigenvalue weighted by atomic mass is 32.3. The van der Waals surface area contributed by atoms with E-state index in [-0.39, 0.29) is 0 Å². The summed E-state index contributed by atoms with van der Waals surface area (Å²) in [5, 5.41) is 1.00. The van der Waals surface area contributed by atoms with E-state index in [0.29, 0.717) is 0 Å². The highest BCUT2D eigenvalue weighted by Crippen LogP contribution is 1.61. The van der Waals surface area contributed by atoms with Crippen molar-refractivity contribution < 1.29 is 17.5 Å². The molecule has 0 aromatic rings. The van der Waals surface area contributed by atoms with Crippen LogP contribution >= 0.6 is 0 Å². The monoisotopic (exact) mass is 166 g/mol. The van der Waals surface area contributed by atoms with Crippen LogP contribution in [0, 0.1) is 0 Å². The molecular formula is C3H7AlO4S. The van der Waals surface area contributed by atoms with Crippen LogP contribution in [-0.2, 0) is 10.4 Å². The fraction of sp³-hybridized carbons (Fsp3) is 0.333. The number of hydrogen-bond donors (Lipinski definition) is 2. The van der Waals surface area contributed by atoms with Gasteiger partial charge in [0.1, 0.15) is 16.3 Å². The van der Waals surface area contributed by atoms with Crippen molar-refractivity contribution in [3.05, 3.63) is 12.7 Å². The number of rotatable bonds is 1. The fourth-order valence-corrected chi connectivity index (χ4v) is 0. The van der Waals surface area contributed by atoms with Crippen LogP contribution < -0.4 is 0 Å². The van der Waals surface area contributed by atoms with Crippen molar-refractivity contribution in [2.24, 2.45) is 0 Å². The zero-order valence-electron chi connectivity index (χ0n) is 4.69. The molecule has 0 unspecified atom stereocenters. The molecule has 0 atom stereocenters. The van der Waals surface area contributed by atoms with Crippen LogP contribution in [0.4, 0.5) is 0 Å². The third kappa shape index (κ3) is 235. The van der Waals surface area contributed by atoms with Gasteiger partial charge in [-0.2, -0.15) is 8.42 Å². The third-order valence-electron chi connectivity index (χ3n) is 0.167. The molecule has 9 heavy (non-hydrogen) atoms. The smallest absolute Gasteiger partial charge is 0.264 e. The molecule has 6 heteroatoms. The highest BCUT2D eigenvalue weighted by molar-refractivity contribution is 7.79. The first-order chi connectivity index (χ1) is 3.91. The molecule has 0 aliphatic rings. The van der Waals surface area contributed by atoms with Gasteiger partial charge in [0.2, 0.25) is 0 Å². The highest BCUT2D eigenvalue weighted by Gasteiger charge is 1.84. The predicted octanol–water partition coefficient (Wildman–Crippen LogP) is 0.106. The Balaban J connectivity index is 0. The Morgan fingerprint density at radius 2 is 1.67 bits per heavy atom. The van der Waals surface area contributed by atoms with Gasteiger partial charge in [-0.25, -0.2) is 0 Å². The summed E-state index contributed by atoms with van der Waals surface area (Å²) in [6.07, 6.45) is 1.84. The quantitative estimate of drug-likeness (QED) is 0.329. The van der Waals surface area contributed by atoms with E-state index >= 15 is 0 Å². The second-order valence-corrected chi connectivity index (χ2v) is 2.34. The molecule has 0 rings (SSSR count). The second kappa shape index (κ2) is 6.27. The molecule has 0 saturated heterocycles. The van der Waals surface area contributed by atoms with E-state index < -0.39 is 10.4 Å². The van der Waals surface area contributed by atoms with Gasteiger partial charge < -0.3 is 0 Å². The average molecular weight is 166 g/mol. The summed E-state index contributed by atoms with van der Waals surface area (Å²) in [4.78, 5) is 0. The molecule has 0 aliphatic carbocycles. The Morgan fingerprint density at radius 1 is 1.56 bits per heavy atom. The maximum Gasteiger partial charge on any atom is 0.394 e. The van der Waals surface area contributed by atoms with Crippen LogP contribution in [0.3, 0.4) is 0 Å². The standard InChI is InChI=1S/C3H5.Al.H2O4S/c1-3-2;;1-5(2,3)4/h3H,1-2H2;;(H2,1,2,3,4). The molecule has 0 aromatic heterocycles. The van der Waals surface area contributed by atoms with Gasteiger partial charge in [0.15, 0.2) is 0 Å². The lowest BCUT2D eigenvalue weighted by molar-refractivity contribution is 0.381. The molecule has 0 spiro atoms. The molecule has 52 valence electrons. The van der Waals surface area contributed by atoms with Crippen LogP contribution in [0.25, 0.3) is 0 Å². The van der Waals surface area contributed by atoms with Crippen LogP contribution in [0.5, 0.6) is 0 Å². The average Bonchev–Trinajstić information content (AvgIpc) is 1.61.